The molecule has 2 fully saturated rings. The monoisotopic (exact) mass is 444 g/mol. The van der Waals surface area contributed by atoms with Gasteiger partial charge < -0.3 is 14.2 Å². The van der Waals surface area contributed by atoms with Crippen LogP contribution < -0.4 is 5.32 Å². The van der Waals surface area contributed by atoms with E-state index in [0.29, 0.717) is 51.1 Å². The molecular formula is C26H28N4O3. The Hall–Kier alpha value is -3.45. The van der Waals surface area contributed by atoms with Crippen molar-refractivity contribution in [3.63, 3.8) is 0 Å². The molecule has 1 atom stereocenters. The van der Waals surface area contributed by atoms with Gasteiger partial charge in [-0.05, 0) is 36.2 Å². The highest BCUT2D eigenvalue weighted by Gasteiger charge is 2.51. The lowest BCUT2D eigenvalue weighted by atomic mass is 9.95. The van der Waals surface area contributed by atoms with E-state index < -0.39 is 5.66 Å². The van der Waals surface area contributed by atoms with Crippen molar-refractivity contribution in [1.82, 2.24) is 20.1 Å². The molecule has 3 aromatic rings. The number of rotatable bonds is 6. The zero-order valence-electron chi connectivity index (χ0n) is 18.5. The number of nitrogens with zero attached hydrogens (tertiary/aromatic N) is 3. The van der Waals surface area contributed by atoms with Crippen LogP contribution in [0, 0.1) is 0 Å². The number of hydrogen-bond acceptors (Lipinski definition) is 5. The summed E-state index contributed by atoms with van der Waals surface area (Å²) in [5, 5.41) is 3.68. The molecule has 4 heterocycles. The van der Waals surface area contributed by atoms with Gasteiger partial charge in [-0.1, -0.05) is 36.4 Å². The highest BCUT2D eigenvalue weighted by molar-refractivity contribution is 5.91. The standard InChI is InChI=1S/C26H28N4O3/c31-24-22(19-20-7-2-1-3-8-20)28-26(30(24)15-11-21-9-4-5-14-27-21)12-16-29(17-13-26)25(32)23-10-6-18-33-23/h1-10,14,18,22,28H,11-13,15-17,19H2. The smallest absolute Gasteiger partial charge is 0.289 e. The third-order valence-corrected chi connectivity index (χ3v) is 6.73. The molecule has 0 saturated carbocycles. The van der Waals surface area contributed by atoms with Crippen molar-refractivity contribution in [2.24, 2.45) is 0 Å². The van der Waals surface area contributed by atoms with E-state index in [4.69, 9.17) is 4.42 Å². The fourth-order valence-corrected chi connectivity index (χ4v) is 5.00. The van der Waals surface area contributed by atoms with E-state index in [1.54, 1.807) is 18.3 Å². The molecule has 1 unspecified atom stereocenters. The van der Waals surface area contributed by atoms with Gasteiger partial charge in [0.2, 0.25) is 5.91 Å². The van der Waals surface area contributed by atoms with E-state index >= 15 is 0 Å². The summed E-state index contributed by atoms with van der Waals surface area (Å²) in [7, 11) is 0. The molecule has 5 rings (SSSR count). The molecule has 1 aromatic carbocycles. The molecule has 2 aromatic heterocycles. The predicted molar refractivity (Wildman–Crippen MR) is 123 cm³/mol. The lowest BCUT2D eigenvalue weighted by Crippen LogP contribution is -2.60. The Labute approximate surface area is 193 Å². The van der Waals surface area contributed by atoms with Crippen LogP contribution in [-0.4, -0.2) is 57.9 Å². The van der Waals surface area contributed by atoms with Crippen molar-refractivity contribution >= 4 is 11.8 Å². The molecule has 7 nitrogen and oxygen atoms in total. The first-order valence-corrected chi connectivity index (χ1v) is 11.5. The molecule has 1 N–H and O–H groups in total. The van der Waals surface area contributed by atoms with Gasteiger partial charge in [-0.3, -0.25) is 19.9 Å². The van der Waals surface area contributed by atoms with Gasteiger partial charge >= 0.3 is 0 Å². The highest BCUT2D eigenvalue weighted by Crippen LogP contribution is 2.34. The molecule has 2 aliphatic heterocycles. The molecule has 33 heavy (non-hydrogen) atoms. The molecule has 170 valence electrons. The van der Waals surface area contributed by atoms with Crippen LogP contribution in [0.4, 0.5) is 0 Å². The van der Waals surface area contributed by atoms with E-state index in [-0.39, 0.29) is 17.9 Å². The maximum Gasteiger partial charge on any atom is 0.289 e. The number of pyridine rings is 1. The third kappa shape index (κ3) is 4.41. The predicted octanol–water partition coefficient (Wildman–Crippen LogP) is 2.89. The molecule has 2 saturated heterocycles. The van der Waals surface area contributed by atoms with E-state index in [1.807, 2.05) is 46.2 Å². The van der Waals surface area contributed by atoms with Gasteiger partial charge in [0.1, 0.15) is 0 Å². The van der Waals surface area contributed by atoms with Crippen molar-refractivity contribution in [2.45, 2.75) is 37.4 Å². The van der Waals surface area contributed by atoms with Crippen LogP contribution in [0.25, 0.3) is 0 Å². The summed E-state index contributed by atoms with van der Waals surface area (Å²) < 4.78 is 5.30. The minimum absolute atomic E-state index is 0.0972. The lowest BCUT2D eigenvalue weighted by Gasteiger charge is -2.44. The Balaban J connectivity index is 1.33. The number of carbonyl (C=O) groups excluding carboxylic acids is 2. The normalized spacial score (nSPS) is 19.9. The second-order valence-electron chi connectivity index (χ2n) is 8.75. The quantitative estimate of drug-likeness (QED) is 0.633. The summed E-state index contributed by atoms with van der Waals surface area (Å²) in [6.45, 7) is 1.73. The third-order valence-electron chi connectivity index (χ3n) is 6.73. The molecule has 2 aliphatic rings. The van der Waals surface area contributed by atoms with Crippen molar-refractivity contribution < 1.29 is 14.0 Å². The number of nitrogens with one attached hydrogen (secondary N) is 1. The van der Waals surface area contributed by atoms with Gasteiger partial charge in [0.15, 0.2) is 5.76 Å². The number of carbonyl (C=O) groups is 2. The SMILES string of the molecule is O=C(c1ccco1)N1CCC2(CC1)NC(Cc1ccccc1)C(=O)N2CCc1ccccn1. The summed E-state index contributed by atoms with van der Waals surface area (Å²) in [5.41, 5.74) is 1.65. The molecule has 2 amide bonds. The van der Waals surface area contributed by atoms with Crippen molar-refractivity contribution in [3.8, 4) is 0 Å². The Morgan fingerprint density at radius 3 is 2.55 bits per heavy atom. The van der Waals surface area contributed by atoms with E-state index in [0.717, 1.165) is 11.3 Å². The van der Waals surface area contributed by atoms with Gasteiger partial charge in [0, 0.05) is 50.8 Å². The second-order valence-corrected chi connectivity index (χ2v) is 8.75. The van der Waals surface area contributed by atoms with Crippen LogP contribution in [0.5, 0.6) is 0 Å². The largest absolute Gasteiger partial charge is 0.459 e. The molecule has 0 aliphatic carbocycles. The number of aromatic nitrogens is 1. The molecular weight excluding hydrogens is 416 g/mol. The fraction of sp³-hybridized carbons (Fsp3) is 0.346. The number of hydrogen-bond donors (Lipinski definition) is 1. The number of piperidine rings is 1. The van der Waals surface area contributed by atoms with Gasteiger partial charge in [0.25, 0.3) is 5.91 Å². The van der Waals surface area contributed by atoms with E-state index in [9.17, 15) is 9.59 Å². The summed E-state index contributed by atoms with van der Waals surface area (Å²) in [4.78, 5) is 34.6. The van der Waals surface area contributed by atoms with E-state index in [1.165, 1.54) is 6.26 Å². The molecule has 0 bridgehead atoms. The first kappa shape index (κ1) is 21.4. The van der Waals surface area contributed by atoms with Gasteiger partial charge in [-0.25, -0.2) is 0 Å². The minimum atomic E-state index is -0.453. The minimum Gasteiger partial charge on any atom is -0.459 e. The van der Waals surface area contributed by atoms with Crippen molar-refractivity contribution in [1.29, 1.82) is 0 Å². The van der Waals surface area contributed by atoms with Crippen molar-refractivity contribution in [2.75, 3.05) is 19.6 Å². The van der Waals surface area contributed by atoms with Crippen LogP contribution in [0.15, 0.2) is 77.5 Å². The molecule has 1 spiro atoms. The zero-order chi connectivity index (χ0) is 22.7. The molecule has 7 heteroatoms. The van der Waals surface area contributed by atoms with Gasteiger partial charge in [0.05, 0.1) is 18.0 Å². The molecule has 0 radical (unpaired) electrons. The summed E-state index contributed by atoms with van der Waals surface area (Å²) in [6.07, 6.45) is 6.01. The number of furan rings is 1. The van der Waals surface area contributed by atoms with Crippen LogP contribution in [0.2, 0.25) is 0 Å². The Bertz CT molecular complexity index is 1080. The summed E-state index contributed by atoms with van der Waals surface area (Å²) in [6, 6.07) is 19.1. The number of likely N-dealkylation sites (tertiary alicyclic amines) is 1. The van der Waals surface area contributed by atoms with Crippen LogP contribution in [0.1, 0.15) is 34.7 Å². The van der Waals surface area contributed by atoms with Crippen LogP contribution >= 0.6 is 0 Å². The maximum absolute atomic E-state index is 13.6. The zero-order valence-corrected chi connectivity index (χ0v) is 18.5. The summed E-state index contributed by atoms with van der Waals surface area (Å²) >= 11 is 0. The first-order valence-electron chi connectivity index (χ1n) is 11.5. The van der Waals surface area contributed by atoms with Crippen LogP contribution in [0.3, 0.4) is 0 Å². The van der Waals surface area contributed by atoms with Crippen LogP contribution in [-0.2, 0) is 17.6 Å². The lowest BCUT2D eigenvalue weighted by molar-refractivity contribution is -0.133. The van der Waals surface area contributed by atoms with E-state index in [2.05, 4.69) is 22.4 Å². The Kier molecular flexibility index (Phi) is 5.96. The number of benzene rings is 1. The number of amides is 2. The topological polar surface area (TPSA) is 78.7 Å². The van der Waals surface area contributed by atoms with Gasteiger partial charge in [-0.2, -0.15) is 0 Å². The first-order chi connectivity index (χ1) is 16.1. The Morgan fingerprint density at radius 1 is 1.06 bits per heavy atom. The second kappa shape index (κ2) is 9.19. The fourth-order valence-electron chi connectivity index (χ4n) is 5.00. The van der Waals surface area contributed by atoms with Gasteiger partial charge in [-0.15, -0.1) is 0 Å². The highest BCUT2D eigenvalue weighted by atomic mass is 16.3. The Morgan fingerprint density at radius 2 is 1.85 bits per heavy atom. The maximum atomic E-state index is 13.6. The van der Waals surface area contributed by atoms with Crippen molar-refractivity contribution in [3.05, 3.63) is 90.1 Å². The summed E-state index contributed by atoms with van der Waals surface area (Å²) in [5.74, 6) is 0.385. The average molecular weight is 445 g/mol. The average Bonchev–Trinajstić information content (AvgIpc) is 3.47.